The molecule has 0 aliphatic carbocycles. The lowest BCUT2D eigenvalue weighted by molar-refractivity contribution is 0.157. The monoisotopic (exact) mass is 218 g/mol. The van der Waals surface area contributed by atoms with Gasteiger partial charge < -0.3 is 9.84 Å². The third kappa shape index (κ3) is 3.33. The molecule has 0 saturated heterocycles. The zero-order valence-electron chi connectivity index (χ0n) is 7.20. The SMILES string of the molecule is O=S(=O)(O)C(O)COc1ccccc1. The van der Waals surface area contributed by atoms with Gasteiger partial charge in [-0.15, -0.1) is 0 Å². The maximum atomic E-state index is 10.4. The Morgan fingerprint density at radius 1 is 1.29 bits per heavy atom. The zero-order chi connectivity index (χ0) is 10.6. The molecule has 0 spiro atoms. The van der Waals surface area contributed by atoms with Crippen molar-refractivity contribution in [2.75, 3.05) is 6.61 Å². The van der Waals surface area contributed by atoms with E-state index in [4.69, 9.17) is 14.4 Å². The summed E-state index contributed by atoms with van der Waals surface area (Å²) in [7, 11) is -4.44. The van der Waals surface area contributed by atoms with E-state index in [9.17, 15) is 8.42 Å². The summed E-state index contributed by atoms with van der Waals surface area (Å²) in [6.45, 7) is -0.497. The molecule has 78 valence electrons. The number of benzene rings is 1. The van der Waals surface area contributed by atoms with Crippen molar-refractivity contribution in [3.63, 3.8) is 0 Å². The fraction of sp³-hybridized carbons (Fsp3) is 0.250. The minimum Gasteiger partial charge on any atom is -0.490 e. The van der Waals surface area contributed by atoms with Gasteiger partial charge >= 0.3 is 0 Å². The summed E-state index contributed by atoms with van der Waals surface area (Å²) in [6.07, 6.45) is 0. The summed E-state index contributed by atoms with van der Waals surface area (Å²) in [4.78, 5) is 0. The molecule has 1 rings (SSSR count). The Kier molecular flexibility index (Phi) is 3.45. The first-order chi connectivity index (χ1) is 6.50. The number of aliphatic hydroxyl groups excluding tert-OH is 1. The Hall–Kier alpha value is -1.11. The first kappa shape index (κ1) is 11.0. The van der Waals surface area contributed by atoms with Gasteiger partial charge in [-0.3, -0.25) is 4.55 Å². The van der Waals surface area contributed by atoms with Crippen LogP contribution in [-0.4, -0.2) is 30.1 Å². The van der Waals surface area contributed by atoms with Crippen LogP contribution >= 0.6 is 0 Å². The second kappa shape index (κ2) is 4.41. The van der Waals surface area contributed by atoms with Gasteiger partial charge in [0.2, 0.25) is 5.44 Å². The van der Waals surface area contributed by atoms with Crippen molar-refractivity contribution in [2.45, 2.75) is 5.44 Å². The van der Waals surface area contributed by atoms with Gasteiger partial charge in [0, 0.05) is 0 Å². The lowest BCUT2D eigenvalue weighted by Gasteiger charge is -2.08. The molecule has 14 heavy (non-hydrogen) atoms. The van der Waals surface area contributed by atoms with E-state index in [1.54, 1.807) is 30.3 Å². The Labute approximate surface area is 81.7 Å². The minimum absolute atomic E-state index is 0.426. The number of aliphatic hydroxyl groups is 1. The van der Waals surface area contributed by atoms with Crippen molar-refractivity contribution < 1.29 is 22.8 Å². The first-order valence-electron chi connectivity index (χ1n) is 3.82. The summed E-state index contributed by atoms with van der Waals surface area (Å²) in [6, 6.07) is 8.39. The van der Waals surface area contributed by atoms with Crippen LogP contribution in [0.2, 0.25) is 0 Å². The number of hydrogen-bond acceptors (Lipinski definition) is 4. The highest BCUT2D eigenvalue weighted by Gasteiger charge is 2.19. The Bertz CT molecular complexity index is 372. The molecule has 0 saturated carbocycles. The van der Waals surface area contributed by atoms with E-state index in [0.29, 0.717) is 5.75 Å². The summed E-state index contributed by atoms with van der Waals surface area (Å²) >= 11 is 0. The molecule has 0 aliphatic rings. The quantitative estimate of drug-likeness (QED) is 0.709. The van der Waals surface area contributed by atoms with Crippen LogP contribution in [0.1, 0.15) is 0 Å². The van der Waals surface area contributed by atoms with E-state index >= 15 is 0 Å². The molecule has 1 aromatic carbocycles. The van der Waals surface area contributed by atoms with Gasteiger partial charge in [-0.1, -0.05) is 18.2 Å². The molecule has 1 atom stereocenters. The standard InChI is InChI=1S/C8H10O5S/c9-8(14(10,11)12)6-13-7-4-2-1-3-5-7/h1-5,8-9H,6H2,(H,10,11,12). The third-order valence-corrected chi connectivity index (χ3v) is 2.30. The molecule has 1 unspecified atom stereocenters. The predicted octanol–water partition coefficient (Wildman–Crippen LogP) is 0.272. The van der Waals surface area contributed by atoms with Gasteiger partial charge in [-0.05, 0) is 12.1 Å². The molecule has 0 fully saturated rings. The molecule has 5 nitrogen and oxygen atoms in total. The van der Waals surface area contributed by atoms with Gasteiger partial charge in [-0.25, -0.2) is 0 Å². The van der Waals surface area contributed by atoms with Crippen LogP contribution in [0.5, 0.6) is 5.75 Å². The Morgan fingerprint density at radius 2 is 1.86 bits per heavy atom. The maximum Gasteiger partial charge on any atom is 0.295 e. The van der Waals surface area contributed by atoms with Crippen molar-refractivity contribution in [3.8, 4) is 5.75 Å². The molecule has 1 aromatic rings. The Balaban J connectivity index is 2.50. The van der Waals surface area contributed by atoms with Crippen LogP contribution in [0.4, 0.5) is 0 Å². The highest BCUT2D eigenvalue weighted by molar-refractivity contribution is 7.86. The highest BCUT2D eigenvalue weighted by Crippen LogP contribution is 2.09. The van der Waals surface area contributed by atoms with Crippen molar-refractivity contribution >= 4 is 10.1 Å². The van der Waals surface area contributed by atoms with Crippen LogP contribution < -0.4 is 4.74 Å². The van der Waals surface area contributed by atoms with E-state index < -0.39 is 22.2 Å². The number of rotatable bonds is 4. The normalized spacial score (nSPS) is 13.6. The van der Waals surface area contributed by atoms with E-state index in [0.717, 1.165) is 0 Å². The third-order valence-electron chi connectivity index (χ3n) is 1.48. The zero-order valence-corrected chi connectivity index (χ0v) is 8.02. The van der Waals surface area contributed by atoms with Gasteiger partial charge in [-0.2, -0.15) is 8.42 Å². The van der Waals surface area contributed by atoms with E-state index in [1.807, 2.05) is 0 Å². The number of ether oxygens (including phenoxy) is 1. The van der Waals surface area contributed by atoms with Crippen LogP contribution in [0, 0.1) is 0 Å². The van der Waals surface area contributed by atoms with Gasteiger partial charge in [0.05, 0.1) is 0 Å². The summed E-state index contributed by atoms with van der Waals surface area (Å²) in [5.41, 5.74) is -1.91. The molecule has 0 radical (unpaired) electrons. The maximum absolute atomic E-state index is 10.4. The molecular weight excluding hydrogens is 208 g/mol. The largest absolute Gasteiger partial charge is 0.490 e. The molecule has 6 heteroatoms. The van der Waals surface area contributed by atoms with E-state index in [2.05, 4.69) is 0 Å². The average Bonchev–Trinajstić information content (AvgIpc) is 2.14. The summed E-state index contributed by atoms with van der Waals surface area (Å²) < 4.78 is 34.1. The number of para-hydroxylation sites is 1. The summed E-state index contributed by atoms with van der Waals surface area (Å²) in [5.74, 6) is 0.426. The van der Waals surface area contributed by atoms with Gasteiger partial charge in [0.1, 0.15) is 12.4 Å². The van der Waals surface area contributed by atoms with Crippen molar-refractivity contribution in [1.29, 1.82) is 0 Å². The van der Waals surface area contributed by atoms with Crippen LogP contribution in [-0.2, 0) is 10.1 Å². The fourth-order valence-electron chi connectivity index (χ4n) is 0.770. The van der Waals surface area contributed by atoms with Gasteiger partial charge in [0.25, 0.3) is 10.1 Å². The van der Waals surface area contributed by atoms with Crippen molar-refractivity contribution in [2.24, 2.45) is 0 Å². The molecule has 0 heterocycles. The molecular formula is C8H10O5S. The lowest BCUT2D eigenvalue weighted by atomic mass is 10.3. The lowest BCUT2D eigenvalue weighted by Crippen LogP contribution is -2.26. The van der Waals surface area contributed by atoms with Crippen molar-refractivity contribution in [1.82, 2.24) is 0 Å². The van der Waals surface area contributed by atoms with Gasteiger partial charge in [0.15, 0.2) is 0 Å². The second-order valence-corrected chi connectivity index (χ2v) is 4.17. The molecule has 0 aromatic heterocycles. The molecule has 0 aliphatic heterocycles. The highest BCUT2D eigenvalue weighted by atomic mass is 32.2. The van der Waals surface area contributed by atoms with Crippen LogP contribution in [0.25, 0.3) is 0 Å². The Morgan fingerprint density at radius 3 is 2.36 bits per heavy atom. The van der Waals surface area contributed by atoms with Crippen LogP contribution in [0.3, 0.4) is 0 Å². The number of hydrogen-bond donors (Lipinski definition) is 2. The molecule has 0 bridgehead atoms. The smallest absolute Gasteiger partial charge is 0.295 e. The average molecular weight is 218 g/mol. The van der Waals surface area contributed by atoms with Crippen molar-refractivity contribution in [3.05, 3.63) is 30.3 Å². The fourth-order valence-corrected chi connectivity index (χ4v) is 1.01. The molecule has 0 amide bonds. The first-order valence-corrected chi connectivity index (χ1v) is 5.32. The van der Waals surface area contributed by atoms with Crippen LogP contribution in [0.15, 0.2) is 30.3 Å². The predicted molar refractivity (Wildman–Crippen MR) is 49.5 cm³/mol. The van der Waals surface area contributed by atoms with E-state index in [-0.39, 0.29) is 0 Å². The topological polar surface area (TPSA) is 83.8 Å². The van der Waals surface area contributed by atoms with E-state index in [1.165, 1.54) is 0 Å². The second-order valence-electron chi connectivity index (χ2n) is 2.59. The molecule has 2 N–H and O–H groups in total. The summed E-state index contributed by atoms with van der Waals surface area (Å²) in [5, 5.41) is 8.88. The minimum atomic E-state index is -4.44.